The van der Waals surface area contributed by atoms with E-state index in [2.05, 4.69) is 19.2 Å². The third-order valence-corrected chi connectivity index (χ3v) is 5.30. The van der Waals surface area contributed by atoms with Crippen LogP contribution in [0, 0.1) is 5.92 Å². The molecule has 1 aromatic heterocycles. The Kier molecular flexibility index (Phi) is 3.22. The van der Waals surface area contributed by atoms with Crippen molar-refractivity contribution >= 4 is 11.3 Å². The van der Waals surface area contributed by atoms with Crippen molar-refractivity contribution in [2.45, 2.75) is 57.9 Å². The van der Waals surface area contributed by atoms with Gasteiger partial charge in [-0.15, -0.1) is 11.3 Å². The van der Waals surface area contributed by atoms with E-state index in [4.69, 9.17) is 4.98 Å². The van der Waals surface area contributed by atoms with Crippen molar-refractivity contribution in [3.63, 3.8) is 0 Å². The molecular formula is C14H22N2S. The summed E-state index contributed by atoms with van der Waals surface area (Å²) in [6.45, 7) is 5.70. The molecule has 0 radical (unpaired) electrons. The molecule has 1 aromatic rings. The second-order valence-electron chi connectivity index (χ2n) is 5.58. The van der Waals surface area contributed by atoms with Crippen molar-refractivity contribution in [1.29, 1.82) is 0 Å². The molecule has 3 atom stereocenters. The number of fused-ring (bicyclic) bond motifs is 1. The summed E-state index contributed by atoms with van der Waals surface area (Å²) < 4.78 is 0. The minimum absolute atomic E-state index is 0.540. The van der Waals surface area contributed by atoms with Crippen LogP contribution in [0.25, 0.3) is 0 Å². The largest absolute Gasteiger partial charge is 0.309 e. The van der Waals surface area contributed by atoms with E-state index in [0.29, 0.717) is 6.04 Å². The Morgan fingerprint density at radius 2 is 2.29 bits per heavy atom. The smallest absolute Gasteiger partial charge is 0.0965 e. The number of nitrogens with zero attached hydrogens (tertiary/aromatic N) is 1. The number of aromatic nitrogens is 1. The Morgan fingerprint density at radius 3 is 3.00 bits per heavy atom. The molecular weight excluding hydrogens is 228 g/mol. The van der Waals surface area contributed by atoms with Crippen molar-refractivity contribution in [2.75, 3.05) is 6.54 Å². The summed E-state index contributed by atoms with van der Waals surface area (Å²) in [6, 6.07) is 0.540. The molecule has 0 saturated heterocycles. The van der Waals surface area contributed by atoms with E-state index < -0.39 is 0 Å². The molecule has 2 aliphatic carbocycles. The maximum atomic E-state index is 4.95. The quantitative estimate of drug-likeness (QED) is 0.882. The second-order valence-corrected chi connectivity index (χ2v) is 6.69. The zero-order valence-corrected chi connectivity index (χ0v) is 11.6. The third kappa shape index (κ3) is 2.27. The molecule has 2 aliphatic rings. The van der Waals surface area contributed by atoms with Gasteiger partial charge in [0.15, 0.2) is 0 Å². The Labute approximate surface area is 108 Å². The van der Waals surface area contributed by atoms with Gasteiger partial charge >= 0.3 is 0 Å². The van der Waals surface area contributed by atoms with Gasteiger partial charge in [0.25, 0.3) is 0 Å². The first-order chi connectivity index (χ1) is 8.29. The van der Waals surface area contributed by atoms with Crippen LogP contribution in [0.15, 0.2) is 0 Å². The molecule has 0 aliphatic heterocycles. The van der Waals surface area contributed by atoms with E-state index in [1.807, 2.05) is 11.3 Å². The average Bonchev–Trinajstić information content (AvgIpc) is 2.91. The number of hydrogen-bond acceptors (Lipinski definition) is 3. The molecule has 3 rings (SSSR count). The van der Waals surface area contributed by atoms with Crippen molar-refractivity contribution < 1.29 is 0 Å². The fourth-order valence-corrected chi connectivity index (χ4v) is 4.19. The first-order valence-corrected chi connectivity index (χ1v) is 7.84. The highest BCUT2D eigenvalue weighted by Crippen LogP contribution is 2.49. The zero-order valence-electron chi connectivity index (χ0n) is 10.8. The highest BCUT2D eigenvalue weighted by molar-refractivity contribution is 7.11. The molecule has 3 heteroatoms. The third-order valence-electron chi connectivity index (χ3n) is 4.04. The Morgan fingerprint density at radius 1 is 1.47 bits per heavy atom. The van der Waals surface area contributed by atoms with Gasteiger partial charge in [-0.3, -0.25) is 0 Å². The van der Waals surface area contributed by atoms with E-state index in [-0.39, 0.29) is 0 Å². The molecule has 94 valence electrons. The van der Waals surface area contributed by atoms with Gasteiger partial charge in [-0.2, -0.15) is 0 Å². The van der Waals surface area contributed by atoms with E-state index >= 15 is 0 Å². The highest BCUT2D eigenvalue weighted by Gasteiger charge is 2.38. The Bertz CT molecular complexity index is 399. The minimum Gasteiger partial charge on any atom is -0.309 e. The Hall–Kier alpha value is -0.410. The monoisotopic (exact) mass is 250 g/mol. The van der Waals surface area contributed by atoms with Crippen LogP contribution in [-0.4, -0.2) is 11.5 Å². The standard InChI is InChI=1S/C14H22N2S/c1-3-7-15-11-5-4-6-12-13(11)16-14(17-12)10-8-9(10)2/h9-11,15H,3-8H2,1-2H3. The molecule has 0 bridgehead atoms. The van der Waals surface area contributed by atoms with Crippen LogP contribution >= 0.6 is 11.3 Å². The minimum atomic E-state index is 0.540. The van der Waals surface area contributed by atoms with Gasteiger partial charge in [-0.05, 0) is 44.6 Å². The number of thiazole rings is 1. The molecule has 17 heavy (non-hydrogen) atoms. The van der Waals surface area contributed by atoms with E-state index in [1.54, 1.807) is 4.88 Å². The van der Waals surface area contributed by atoms with Gasteiger partial charge in [0.2, 0.25) is 0 Å². The van der Waals surface area contributed by atoms with Crippen LogP contribution < -0.4 is 5.32 Å². The van der Waals surface area contributed by atoms with Crippen LogP contribution in [0.5, 0.6) is 0 Å². The van der Waals surface area contributed by atoms with Crippen LogP contribution in [0.3, 0.4) is 0 Å². The van der Waals surface area contributed by atoms with Crippen LogP contribution in [0.1, 0.15) is 67.1 Å². The lowest BCUT2D eigenvalue weighted by Gasteiger charge is -2.22. The molecule has 3 unspecified atom stereocenters. The zero-order chi connectivity index (χ0) is 11.8. The summed E-state index contributed by atoms with van der Waals surface area (Å²) >= 11 is 2.00. The molecule has 0 spiro atoms. The first kappa shape index (κ1) is 11.7. The lowest BCUT2D eigenvalue weighted by Crippen LogP contribution is -2.25. The summed E-state index contributed by atoms with van der Waals surface area (Å²) in [5.74, 6) is 1.67. The summed E-state index contributed by atoms with van der Waals surface area (Å²) in [5.41, 5.74) is 1.39. The number of nitrogens with one attached hydrogen (secondary N) is 1. The first-order valence-electron chi connectivity index (χ1n) is 7.02. The van der Waals surface area contributed by atoms with E-state index in [0.717, 1.165) is 18.4 Å². The van der Waals surface area contributed by atoms with Gasteiger partial charge in [0, 0.05) is 10.8 Å². The number of rotatable bonds is 4. The number of hydrogen-bond donors (Lipinski definition) is 1. The SMILES string of the molecule is CCCNC1CCCc2sc(C3CC3C)nc21. The van der Waals surface area contributed by atoms with E-state index in [1.165, 1.54) is 42.8 Å². The molecule has 1 heterocycles. The van der Waals surface area contributed by atoms with Crippen LogP contribution in [-0.2, 0) is 6.42 Å². The second kappa shape index (κ2) is 4.69. The van der Waals surface area contributed by atoms with Gasteiger partial charge in [0.05, 0.1) is 16.7 Å². The average molecular weight is 250 g/mol. The lowest BCUT2D eigenvalue weighted by molar-refractivity contribution is 0.453. The molecule has 0 aromatic carbocycles. The van der Waals surface area contributed by atoms with Crippen molar-refractivity contribution in [3.8, 4) is 0 Å². The summed E-state index contributed by atoms with van der Waals surface area (Å²) in [4.78, 5) is 6.52. The number of aryl methyl sites for hydroxylation is 1. The summed E-state index contributed by atoms with van der Waals surface area (Å²) in [5, 5.41) is 5.08. The molecule has 1 fully saturated rings. The fourth-order valence-electron chi connectivity index (χ4n) is 2.78. The van der Waals surface area contributed by atoms with Gasteiger partial charge < -0.3 is 5.32 Å². The van der Waals surface area contributed by atoms with Gasteiger partial charge in [-0.25, -0.2) is 4.98 Å². The van der Waals surface area contributed by atoms with Crippen molar-refractivity contribution in [3.05, 3.63) is 15.6 Å². The van der Waals surface area contributed by atoms with Crippen LogP contribution in [0.2, 0.25) is 0 Å². The van der Waals surface area contributed by atoms with Gasteiger partial charge in [-0.1, -0.05) is 13.8 Å². The Balaban J connectivity index is 1.79. The maximum absolute atomic E-state index is 4.95. The molecule has 1 saturated carbocycles. The van der Waals surface area contributed by atoms with Crippen LogP contribution in [0.4, 0.5) is 0 Å². The topological polar surface area (TPSA) is 24.9 Å². The van der Waals surface area contributed by atoms with Crippen molar-refractivity contribution in [2.24, 2.45) is 5.92 Å². The van der Waals surface area contributed by atoms with Gasteiger partial charge in [0.1, 0.15) is 0 Å². The van der Waals surface area contributed by atoms with E-state index in [9.17, 15) is 0 Å². The van der Waals surface area contributed by atoms with Crippen molar-refractivity contribution in [1.82, 2.24) is 10.3 Å². The molecule has 1 N–H and O–H groups in total. The molecule has 2 nitrogen and oxygen atoms in total. The molecule has 0 amide bonds. The normalized spacial score (nSPS) is 31.3. The summed E-state index contributed by atoms with van der Waals surface area (Å²) in [7, 11) is 0. The fraction of sp³-hybridized carbons (Fsp3) is 0.786. The highest BCUT2D eigenvalue weighted by atomic mass is 32.1. The summed E-state index contributed by atoms with van der Waals surface area (Å²) in [6.07, 6.45) is 6.44. The lowest BCUT2D eigenvalue weighted by atomic mass is 9.97. The predicted octanol–water partition coefficient (Wildman–Crippen LogP) is 3.64. The predicted molar refractivity (Wildman–Crippen MR) is 72.6 cm³/mol. The maximum Gasteiger partial charge on any atom is 0.0965 e.